The number of amides is 1. The van der Waals surface area contributed by atoms with Crippen molar-refractivity contribution in [3.8, 4) is 0 Å². The molecule has 1 amide bonds. The second-order valence-electron chi connectivity index (χ2n) is 4.80. The molecule has 1 N–H and O–H groups in total. The highest BCUT2D eigenvalue weighted by atomic mass is 16.2. The van der Waals surface area contributed by atoms with Gasteiger partial charge < -0.3 is 14.8 Å². The molecular weight excluding hydrogens is 226 g/mol. The molecule has 0 aromatic carbocycles. The molecule has 0 saturated carbocycles. The standard InChI is InChI=1S/C14H25N3O/c1-5-7-13(15-6-2)12-8-9-17(10-12)11-14(18)16(3)4/h8-10,13,15H,5-7,11H2,1-4H3. The van der Waals surface area contributed by atoms with Gasteiger partial charge in [-0.15, -0.1) is 0 Å². The molecule has 102 valence electrons. The summed E-state index contributed by atoms with van der Waals surface area (Å²) in [6.45, 7) is 5.69. The van der Waals surface area contributed by atoms with Crippen LogP contribution < -0.4 is 5.32 Å². The van der Waals surface area contributed by atoms with Crippen LogP contribution in [0.2, 0.25) is 0 Å². The summed E-state index contributed by atoms with van der Waals surface area (Å²) in [6, 6.07) is 2.50. The highest BCUT2D eigenvalue weighted by Crippen LogP contribution is 2.18. The van der Waals surface area contributed by atoms with E-state index in [1.54, 1.807) is 19.0 Å². The maximum atomic E-state index is 11.6. The first-order valence-corrected chi connectivity index (χ1v) is 6.67. The number of likely N-dealkylation sites (N-methyl/N-ethyl adjacent to an activating group) is 1. The van der Waals surface area contributed by atoms with Gasteiger partial charge in [0.2, 0.25) is 5.91 Å². The van der Waals surface area contributed by atoms with Crippen LogP contribution in [0.3, 0.4) is 0 Å². The van der Waals surface area contributed by atoms with Gasteiger partial charge in [-0.05, 0) is 24.6 Å². The molecule has 4 nitrogen and oxygen atoms in total. The molecule has 1 unspecified atom stereocenters. The molecule has 0 fully saturated rings. The van der Waals surface area contributed by atoms with Crippen molar-refractivity contribution in [3.05, 3.63) is 24.0 Å². The van der Waals surface area contributed by atoms with Crippen LogP contribution in [0, 0.1) is 0 Å². The highest BCUT2D eigenvalue weighted by molar-refractivity contribution is 5.75. The van der Waals surface area contributed by atoms with Gasteiger partial charge in [-0.3, -0.25) is 4.79 Å². The van der Waals surface area contributed by atoms with Gasteiger partial charge in [-0.2, -0.15) is 0 Å². The van der Waals surface area contributed by atoms with Crippen LogP contribution in [0.4, 0.5) is 0 Å². The van der Waals surface area contributed by atoms with Crippen LogP contribution in [0.15, 0.2) is 18.5 Å². The summed E-state index contributed by atoms with van der Waals surface area (Å²) in [5, 5.41) is 3.48. The van der Waals surface area contributed by atoms with Crippen molar-refractivity contribution in [1.29, 1.82) is 0 Å². The topological polar surface area (TPSA) is 37.3 Å². The molecule has 1 aromatic rings. The monoisotopic (exact) mass is 251 g/mol. The molecule has 0 spiro atoms. The Labute approximate surface area is 110 Å². The van der Waals surface area contributed by atoms with E-state index < -0.39 is 0 Å². The molecule has 0 aliphatic rings. The fourth-order valence-corrected chi connectivity index (χ4v) is 1.98. The fraction of sp³-hybridized carbons (Fsp3) is 0.643. The highest BCUT2D eigenvalue weighted by Gasteiger charge is 2.11. The maximum absolute atomic E-state index is 11.6. The number of hydrogen-bond donors (Lipinski definition) is 1. The minimum atomic E-state index is 0.118. The first-order valence-electron chi connectivity index (χ1n) is 6.67. The Kier molecular flexibility index (Phi) is 5.92. The van der Waals surface area contributed by atoms with Gasteiger partial charge >= 0.3 is 0 Å². The van der Waals surface area contributed by atoms with Crippen molar-refractivity contribution in [2.24, 2.45) is 0 Å². The van der Waals surface area contributed by atoms with E-state index in [0.717, 1.165) is 19.4 Å². The van der Waals surface area contributed by atoms with Crippen molar-refractivity contribution in [2.45, 2.75) is 39.3 Å². The summed E-state index contributed by atoms with van der Waals surface area (Å²) >= 11 is 0. The first kappa shape index (κ1) is 14.8. The zero-order valence-electron chi connectivity index (χ0n) is 11.9. The lowest BCUT2D eigenvalue weighted by atomic mass is 10.1. The quantitative estimate of drug-likeness (QED) is 0.805. The van der Waals surface area contributed by atoms with E-state index in [2.05, 4.69) is 31.4 Å². The van der Waals surface area contributed by atoms with Gasteiger partial charge in [-0.1, -0.05) is 20.3 Å². The zero-order valence-corrected chi connectivity index (χ0v) is 11.9. The third-order valence-electron chi connectivity index (χ3n) is 3.02. The number of nitrogens with zero attached hydrogens (tertiary/aromatic N) is 2. The average molecular weight is 251 g/mol. The maximum Gasteiger partial charge on any atom is 0.241 e. The fourth-order valence-electron chi connectivity index (χ4n) is 1.98. The SMILES string of the molecule is CCCC(NCC)c1ccn(CC(=O)N(C)C)c1. The lowest BCUT2D eigenvalue weighted by Crippen LogP contribution is -2.25. The Morgan fingerprint density at radius 3 is 2.72 bits per heavy atom. The largest absolute Gasteiger partial charge is 0.347 e. The third-order valence-corrected chi connectivity index (χ3v) is 3.02. The second-order valence-corrected chi connectivity index (χ2v) is 4.80. The van der Waals surface area contributed by atoms with Gasteiger partial charge in [-0.25, -0.2) is 0 Å². The summed E-state index contributed by atoms with van der Waals surface area (Å²) in [4.78, 5) is 13.3. The van der Waals surface area contributed by atoms with Gasteiger partial charge in [0.1, 0.15) is 6.54 Å². The summed E-state index contributed by atoms with van der Waals surface area (Å²) < 4.78 is 1.96. The molecule has 1 aromatic heterocycles. The lowest BCUT2D eigenvalue weighted by molar-refractivity contribution is -0.129. The van der Waals surface area contributed by atoms with Crippen LogP contribution in [0.1, 0.15) is 38.3 Å². The van der Waals surface area contributed by atoms with Crippen molar-refractivity contribution in [2.75, 3.05) is 20.6 Å². The molecule has 1 atom stereocenters. The smallest absolute Gasteiger partial charge is 0.241 e. The molecule has 0 aliphatic carbocycles. The van der Waals surface area contributed by atoms with Crippen LogP contribution in [-0.2, 0) is 11.3 Å². The molecule has 4 heteroatoms. The van der Waals surface area contributed by atoms with Crippen LogP contribution in [0.5, 0.6) is 0 Å². The van der Waals surface area contributed by atoms with Crippen molar-refractivity contribution < 1.29 is 4.79 Å². The number of hydrogen-bond acceptors (Lipinski definition) is 2. The van der Waals surface area contributed by atoms with Crippen LogP contribution in [0.25, 0.3) is 0 Å². The Bertz CT molecular complexity index is 365. The predicted octanol–water partition coefficient (Wildman–Crippen LogP) is 2.03. The number of rotatable bonds is 7. The average Bonchev–Trinajstić information content (AvgIpc) is 2.77. The van der Waals surface area contributed by atoms with E-state index in [1.165, 1.54) is 5.56 Å². The molecule has 0 saturated heterocycles. The van der Waals surface area contributed by atoms with E-state index >= 15 is 0 Å². The van der Waals surface area contributed by atoms with Crippen LogP contribution >= 0.6 is 0 Å². The van der Waals surface area contributed by atoms with E-state index in [1.807, 2.05) is 10.8 Å². The molecule has 0 aliphatic heterocycles. The van der Waals surface area contributed by atoms with Crippen molar-refractivity contribution in [1.82, 2.24) is 14.8 Å². The number of carbonyl (C=O) groups excluding carboxylic acids is 1. The predicted molar refractivity (Wildman–Crippen MR) is 74.5 cm³/mol. The van der Waals surface area contributed by atoms with Gasteiger partial charge in [0, 0.05) is 32.5 Å². The summed E-state index contributed by atoms with van der Waals surface area (Å²) in [7, 11) is 3.57. The summed E-state index contributed by atoms with van der Waals surface area (Å²) in [6.07, 6.45) is 6.33. The van der Waals surface area contributed by atoms with Crippen LogP contribution in [-0.4, -0.2) is 36.0 Å². The van der Waals surface area contributed by atoms with Gasteiger partial charge in [0.15, 0.2) is 0 Å². The van der Waals surface area contributed by atoms with E-state index in [9.17, 15) is 4.79 Å². The van der Waals surface area contributed by atoms with Gasteiger partial charge in [0.05, 0.1) is 0 Å². The molecule has 0 radical (unpaired) electrons. The minimum absolute atomic E-state index is 0.118. The molecule has 1 rings (SSSR count). The first-order chi connectivity index (χ1) is 8.58. The summed E-state index contributed by atoms with van der Waals surface area (Å²) in [5.74, 6) is 0.118. The van der Waals surface area contributed by atoms with Crippen molar-refractivity contribution >= 4 is 5.91 Å². The molecule has 0 bridgehead atoms. The Balaban J connectivity index is 2.68. The minimum Gasteiger partial charge on any atom is -0.347 e. The Morgan fingerprint density at radius 2 is 2.17 bits per heavy atom. The second kappa shape index (κ2) is 7.21. The lowest BCUT2D eigenvalue weighted by Gasteiger charge is -2.15. The van der Waals surface area contributed by atoms with E-state index in [0.29, 0.717) is 12.6 Å². The Morgan fingerprint density at radius 1 is 1.44 bits per heavy atom. The third kappa shape index (κ3) is 4.18. The number of nitrogens with one attached hydrogen (secondary N) is 1. The Hall–Kier alpha value is -1.29. The zero-order chi connectivity index (χ0) is 13.5. The van der Waals surface area contributed by atoms with Crippen molar-refractivity contribution in [3.63, 3.8) is 0 Å². The van der Waals surface area contributed by atoms with E-state index in [-0.39, 0.29) is 5.91 Å². The van der Waals surface area contributed by atoms with E-state index in [4.69, 9.17) is 0 Å². The number of aromatic nitrogens is 1. The van der Waals surface area contributed by atoms with Gasteiger partial charge in [0.25, 0.3) is 0 Å². The number of carbonyl (C=O) groups is 1. The summed E-state index contributed by atoms with van der Waals surface area (Å²) in [5.41, 5.74) is 1.27. The normalized spacial score (nSPS) is 12.4. The molecule has 1 heterocycles. The molecule has 18 heavy (non-hydrogen) atoms. The molecular formula is C14H25N3O.